The van der Waals surface area contributed by atoms with Gasteiger partial charge in [0.1, 0.15) is 5.82 Å². The predicted molar refractivity (Wildman–Crippen MR) is 92.4 cm³/mol. The molecule has 0 radical (unpaired) electrons. The number of carbonyl (C=O) groups is 1. The number of aryl methyl sites for hydroxylation is 2. The summed E-state index contributed by atoms with van der Waals surface area (Å²) in [7, 11) is 0. The molecule has 0 N–H and O–H groups in total. The molecule has 0 aromatic carbocycles. The summed E-state index contributed by atoms with van der Waals surface area (Å²) in [6, 6.07) is 6.06. The van der Waals surface area contributed by atoms with Crippen LogP contribution in [0, 0.1) is 20.8 Å². The second-order valence-corrected chi connectivity index (χ2v) is 6.57. The van der Waals surface area contributed by atoms with Crippen LogP contribution in [0.2, 0.25) is 0 Å². The first-order valence-electron chi connectivity index (χ1n) is 8.44. The summed E-state index contributed by atoms with van der Waals surface area (Å²) < 4.78 is 2.07. The molecule has 1 aliphatic heterocycles. The molecule has 0 spiro atoms. The van der Waals surface area contributed by atoms with Crippen molar-refractivity contribution in [1.29, 1.82) is 0 Å². The number of pyridine rings is 1. The SMILES string of the molecule is Cc1ccc(-n2c(C)cc(C(=O)CN3CCCCC3)c2C)nc1. The van der Waals surface area contributed by atoms with Gasteiger partial charge in [-0.3, -0.25) is 9.69 Å². The van der Waals surface area contributed by atoms with Gasteiger partial charge in [0, 0.05) is 23.1 Å². The van der Waals surface area contributed by atoms with E-state index in [0.29, 0.717) is 6.54 Å². The number of ketones is 1. The highest BCUT2D eigenvalue weighted by Gasteiger charge is 2.20. The number of hydrogen-bond acceptors (Lipinski definition) is 3. The average molecular weight is 311 g/mol. The summed E-state index contributed by atoms with van der Waals surface area (Å²) in [6.45, 7) is 8.70. The van der Waals surface area contributed by atoms with Gasteiger partial charge in [0.05, 0.1) is 6.54 Å². The van der Waals surface area contributed by atoms with Crippen LogP contribution in [-0.4, -0.2) is 39.9 Å². The van der Waals surface area contributed by atoms with Crippen LogP contribution < -0.4 is 0 Å². The third kappa shape index (κ3) is 3.37. The Balaban J connectivity index is 1.85. The van der Waals surface area contributed by atoms with Crippen molar-refractivity contribution in [2.75, 3.05) is 19.6 Å². The molecule has 2 aromatic rings. The zero-order valence-electron chi connectivity index (χ0n) is 14.3. The first-order chi connectivity index (χ1) is 11.1. The molecule has 23 heavy (non-hydrogen) atoms. The minimum Gasteiger partial charge on any atom is -0.302 e. The highest BCUT2D eigenvalue weighted by atomic mass is 16.1. The summed E-state index contributed by atoms with van der Waals surface area (Å²) >= 11 is 0. The number of carbonyl (C=O) groups excluding carboxylic acids is 1. The zero-order valence-corrected chi connectivity index (χ0v) is 14.3. The molecule has 1 fully saturated rings. The molecule has 4 nitrogen and oxygen atoms in total. The van der Waals surface area contributed by atoms with Crippen molar-refractivity contribution in [1.82, 2.24) is 14.5 Å². The molecule has 0 saturated carbocycles. The number of likely N-dealkylation sites (tertiary alicyclic amines) is 1. The topological polar surface area (TPSA) is 38.1 Å². The van der Waals surface area contributed by atoms with Gasteiger partial charge in [0.25, 0.3) is 0 Å². The third-order valence-electron chi connectivity index (χ3n) is 4.67. The van der Waals surface area contributed by atoms with Crippen molar-refractivity contribution >= 4 is 5.78 Å². The van der Waals surface area contributed by atoms with E-state index in [0.717, 1.165) is 41.4 Å². The molecule has 4 heteroatoms. The van der Waals surface area contributed by atoms with Crippen LogP contribution in [0.5, 0.6) is 0 Å². The Bertz CT molecular complexity index is 694. The average Bonchev–Trinajstić information content (AvgIpc) is 2.84. The third-order valence-corrected chi connectivity index (χ3v) is 4.67. The number of nitrogens with zero attached hydrogens (tertiary/aromatic N) is 3. The monoisotopic (exact) mass is 311 g/mol. The van der Waals surface area contributed by atoms with Gasteiger partial charge in [0.15, 0.2) is 5.78 Å². The van der Waals surface area contributed by atoms with Gasteiger partial charge in [-0.25, -0.2) is 4.98 Å². The summed E-state index contributed by atoms with van der Waals surface area (Å²) in [6.07, 6.45) is 5.57. The van der Waals surface area contributed by atoms with E-state index in [4.69, 9.17) is 0 Å². The molecule has 0 amide bonds. The van der Waals surface area contributed by atoms with Gasteiger partial charge >= 0.3 is 0 Å². The van der Waals surface area contributed by atoms with Crippen LogP contribution in [0.1, 0.15) is 46.6 Å². The van der Waals surface area contributed by atoms with Crippen LogP contribution >= 0.6 is 0 Å². The Morgan fingerprint density at radius 2 is 1.87 bits per heavy atom. The van der Waals surface area contributed by atoms with Gasteiger partial charge in [0.2, 0.25) is 0 Å². The summed E-state index contributed by atoms with van der Waals surface area (Å²) in [5.74, 6) is 1.10. The normalized spacial score (nSPS) is 15.8. The fraction of sp³-hybridized carbons (Fsp3) is 0.474. The van der Waals surface area contributed by atoms with Crippen molar-refractivity contribution in [2.24, 2.45) is 0 Å². The Labute approximate surface area is 138 Å². The molecule has 1 saturated heterocycles. The number of hydrogen-bond donors (Lipinski definition) is 0. The smallest absolute Gasteiger partial charge is 0.178 e. The second kappa shape index (κ2) is 6.67. The van der Waals surface area contributed by atoms with E-state index in [1.165, 1.54) is 19.3 Å². The first kappa shape index (κ1) is 15.9. The van der Waals surface area contributed by atoms with Gasteiger partial charge in [-0.1, -0.05) is 12.5 Å². The van der Waals surface area contributed by atoms with Crippen molar-refractivity contribution in [2.45, 2.75) is 40.0 Å². The first-order valence-corrected chi connectivity index (χ1v) is 8.44. The summed E-state index contributed by atoms with van der Waals surface area (Å²) in [5, 5.41) is 0. The van der Waals surface area contributed by atoms with E-state index in [2.05, 4.69) is 20.5 Å². The molecule has 0 aliphatic carbocycles. The van der Waals surface area contributed by atoms with Gasteiger partial charge in [-0.15, -0.1) is 0 Å². The number of Topliss-reactive ketones (excluding diaryl/α,β-unsaturated/α-hetero) is 1. The van der Waals surface area contributed by atoms with E-state index < -0.39 is 0 Å². The molecule has 0 bridgehead atoms. The molecule has 3 rings (SSSR count). The Kier molecular flexibility index (Phi) is 4.62. The van der Waals surface area contributed by atoms with Crippen molar-refractivity contribution in [3.05, 3.63) is 46.9 Å². The van der Waals surface area contributed by atoms with E-state index in [1.54, 1.807) is 0 Å². The molecular weight excluding hydrogens is 286 g/mol. The van der Waals surface area contributed by atoms with E-state index in [-0.39, 0.29) is 5.78 Å². The number of piperidine rings is 1. The molecule has 1 aliphatic rings. The molecule has 122 valence electrons. The maximum atomic E-state index is 12.7. The lowest BCUT2D eigenvalue weighted by atomic mass is 10.1. The van der Waals surface area contributed by atoms with Crippen molar-refractivity contribution in [3.8, 4) is 5.82 Å². The van der Waals surface area contributed by atoms with Crippen molar-refractivity contribution < 1.29 is 4.79 Å². The van der Waals surface area contributed by atoms with Gasteiger partial charge in [-0.05, 0) is 64.4 Å². The fourth-order valence-electron chi connectivity index (χ4n) is 3.40. The second-order valence-electron chi connectivity index (χ2n) is 6.57. The van der Waals surface area contributed by atoms with Crippen LogP contribution in [-0.2, 0) is 0 Å². The van der Waals surface area contributed by atoms with E-state index >= 15 is 0 Å². The number of aromatic nitrogens is 2. The van der Waals surface area contributed by atoms with E-state index in [1.807, 2.05) is 39.1 Å². The zero-order chi connectivity index (χ0) is 16.4. The molecule has 3 heterocycles. The summed E-state index contributed by atoms with van der Waals surface area (Å²) in [5.41, 5.74) is 4.01. The Morgan fingerprint density at radius 3 is 2.52 bits per heavy atom. The highest BCUT2D eigenvalue weighted by Crippen LogP contribution is 2.21. The minimum atomic E-state index is 0.221. The number of rotatable bonds is 4. The van der Waals surface area contributed by atoms with Gasteiger partial charge < -0.3 is 4.57 Å². The highest BCUT2D eigenvalue weighted by molar-refractivity contribution is 5.99. The summed E-state index contributed by atoms with van der Waals surface area (Å²) in [4.78, 5) is 19.5. The van der Waals surface area contributed by atoms with Crippen LogP contribution in [0.15, 0.2) is 24.4 Å². The quantitative estimate of drug-likeness (QED) is 0.812. The van der Waals surface area contributed by atoms with E-state index in [9.17, 15) is 4.79 Å². The molecule has 0 unspecified atom stereocenters. The maximum Gasteiger partial charge on any atom is 0.178 e. The molecule has 0 atom stereocenters. The lowest BCUT2D eigenvalue weighted by molar-refractivity contribution is 0.0915. The van der Waals surface area contributed by atoms with Crippen LogP contribution in [0.25, 0.3) is 5.82 Å². The van der Waals surface area contributed by atoms with Crippen LogP contribution in [0.3, 0.4) is 0 Å². The molecule has 2 aromatic heterocycles. The molecular formula is C19H25N3O. The Hall–Kier alpha value is -1.94. The minimum absolute atomic E-state index is 0.221. The predicted octanol–water partition coefficient (Wildman–Crippen LogP) is 3.47. The lowest BCUT2D eigenvalue weighted by Crippen LogP contribution is -2.34. The Morgan fingerprint density at radius 1 is 1.13 bits per heavy atom. The maximum absolute atomic E-state index is 12.7. The fourth-order valence-corrected chi connectivity index (χ4v) is 3.40. The largest absolute Gasteiger partial charge is 0.302 e. The van der Waals surface area contributed by atoms with Crippen LogP contribution in [0.4, 0.5) is 0 Å². The van der Waals surface area contributed by atoms with Gasteiger partial charge in [-0.2, -0.15) is 0 Å². The standard InChI is InChI=1S/C19H25N3O/c1-14-7-8-19(20-12-14)22-15(2)11-17(16(22)3)18(23)13-21-9-5-4-6-10-21/h7-8,11-12H,4-6,9-10,13H2,1-3H3. The lowest BCUT2D eigenvalue weighted by Gasteiger charge is -2.25. The van der Waals surface area contributed by atoms with Crippen molar-refractivity contribution in [3.63, 3.8) is 0 Å².